The van der Waals surface area contributed by atoms with Gasteiger partial charge in [0.05, 0.1) is 21.1 Å². The van der Waals surface area contributed by atoms with Crippen molar-refractivity contribution in [1.82, 2.24) is 4.98 Å². The molecule has 2 aromatic rings. The molecule has 0 aromatic carbocycles. The highest BCUT2D eigenvalue weighted by atomic mass is 32.1. The molecule has 2 rings (SSSR count). The van der Waals surface area contributed by atoms with Crippen molar-refractivity contribution in [2.45, 2.75) is 20.3 Å². The maximum atomic E-state index is 10.8. The number of thiazole rings is 1. The van der Waals surface area contributed by atoms with E-state index in [2.05, 4.69) is 18.8 Å². The minimum absolute atomic E-state index is 0.336. The molecule has 0 amide bonds. The topological polar surface area (TPSA) is 50.2 Å². The second-order valence-electron chi connectivity index (χ2n) is 4.23. The third-order valence-electron chi connectivity index (χ3n) is 2.23. The van der Waals surface area contributed by atoms with Crippen LogP contribution >= 0.6 is 22.7 Å². The van der Waals surface area contributed by atoms with Gasteiger partial charge < -0.3 is 5.11 Å². The highest BCUT2D eigenvalue weighted by molar-refractivity contribution is 7.14. The van der Waals surface area contributed by atoms with E-state index >= 15 is 0 Å². The smallest absolute Gasteiger partial charge is 0.336 e. The number of thiophene rings is 1. The number of aromatic carboxylic acids is 1. The molecule has 2 aromatic heterocycles. The van der Waals surface area contributed by atoms with Gasteiger partial charge in [-0.1, -0.05) is 13.8 Å². The fraction of sp³-hybridized carbons (Fsp3) is 0.333. The van der Waals surface area contributed by atoms with Crippen molar-refractivity contribution in [1.29, 1.82) is 0 Å². The molecule has 5 heteroatoms. The number of hydrogen-bond acceptors (Lipinski definition) is 4. The molecule has 90 valence electrons. The van der Waals surface area contributed by atoms with Gasteiger partial charge in [0, 0.05) is 17.2 Å². The van der Waals surface area contributed by atoms with E-state index < -0.39 is 5.97 Å². The Bertz CT molecular complexity index is 528. The van der Waals surface area contributed by atoms with Gasteiger partial charge in [0.1, 0.15) is 0 Å². The zero-order valence-corrected chi connectivity index (χ0v) is 11.3. The summed E-state index contributed by atoms with van der Waals surface area (Å²) in [5.74, 6) is -0.294. The van der Waals surface area contributed by atoms with Crippen LogP contribution in [0.25, 0.3) is 10.6 Å². The SMILES string of the molecule is CC(C)Cc1nc(-c2cc(C(=O)O)cs2)cs1. The zero-order chi connectivity index (χ0) is 12.4. The van der Waals surface area contributed by atoms with Crippen LogP contribution in [0.1, 0.15) is 29.2 Å². The van der Waals surface area contributed by atoms with E-state index in [4.69, 9.17) is 5.11 Å². The van der Waals surface area contributed by atoms with Gasteiger partial charge in [-0.3, -0.25) is 0 Å². The van der Waals surface area contributed by atoms with Crippen LogP contribution in [-0.2, 0) is 6.42 Å². The molecule has 0 saturated heterocycles. The van der Waals surface area contributed by atoms with Gasteiger partial charge in [-0.25, -0.2) is 9.78 Å². The fourth-order valence-corrected chi connectivity index (χ4v) is 3.38. The van der Waals surface area contributed by atoms with Crippen molar-refractivity contribution in [2.24, 2.45) is 5.92 Å². The first-order chi connectivity index (χ1) is 8.06. The summed E-state index contributed by atoms with van der Waals surface area (Å²) in [6.07, 6.45) is 0.974. The predicted octanol–water partition coefficient (Wildman–Crippen LogP) is 3.77. The maximum absolute atomic E-state index is 10.8. The summed E-state index contributed by atoms with van der Waals surface area (Å²) < 4.78 is 0. The summed E-state index contributed by atoms with van der Waals surface area (Å²) in [7, 11) is 0. The van der Waals surface area contributed by atoms with Gasteiger partial charge in [-0.05, 0) is 12.0 Å². The number of carboxylic acid groups (broad SMARTS) is 1. The van der Waals surface area contributed by atoms with E-state index in [-0.39, 0.29) is 0 Å². The lowest BCUT2D eigenvalue weighted by Gasteiger charge is -1.98. The Hall–Kier alpha value is -1.20. The molecule has 1 N–H and O–H groups in total. The van der Waals surface area contributed by atoms with Gasteiger partial charge >= 0.3 is 5.97 Å². The predicted molar refractivity (Wildman–Crippen MR) is 70.9 cm³/mol. The molecule has 3 nitrogen and oxygen atoms in total. The lowest BCUT2D eigenvalue weighted by atomic mass is 10.1. The monoisotopic (exact) mass is 267 g/mol. The summed E-state index contributed by atoms with van der Waals surface area (Å²) in [5.41, 5.74) is 1.23. The number of hydrogen-bond donors (Lipinski definition) is 1. The number of rotatable bonds is 4. The zero-order valence-electron chi connectivity index (χ0n) is 9.64. The van der Waals surface area contributed by atoms with E-state index in [0.29, 0.717) is 11.5 Å². The Morgan fingerprint density at radius 3 is 2.76 bits per heavy atom. The molecule has 0 aliphatic rings. The molecule has 0 unspecified atom stereocenters. The van der Waals surface area contributed by atoms with Crippen molar-refractivity contribution in [3.63, 3.8) is 0 Å². The van der Waals surface area contributed by atoms with E-state index in [1.165, 1.54) is 11.3 Å². The minimum Gasteiger partial charge on any atom is -0.478 e. The Morgan fingerprint density at radius 2 is 2.18 bits per heavy atom. The van der Waals surface area contributed by atoms with Crippen molar-refractivity contribution in [3.8, 4) is 10.6 Å². The van der Waals surface area contributed by atoms with Crippen LogP contribution in [0, 0.1) is 5.92 Å². The molecule has 0 spiro atoms. The highest BCUT2D eigenvalue weighted by Crippen LogP contribution is 2.29. The summed E-state index contributed by atoms with van der Waals surface area (Å²) >= 11 is 3.07. The number of carboxylic acids is 1. The maximum Gasteiger partial charge on any atom is 0.336 e. The fourth-order valence-electron chi connectivity index (χ4n) is 1.45. The van der Waals surface area contributed by atoms with Crippen molar-refractivity contribution < 1.29 is 9.90 Å². The number of carbonyl (C=O) groups is 1. The average molecular weight is 267 g/mol. The summed E-state index contributed by atoms with van der Waals surface area (Å²) in [6.45, 7) is 4.32. The third kappa shape index (κ3) is 2.92. The molecule has 0 radical (unpaired) electrons. The summed E-state index contributed by atoms with van der Waals surface area (Å²) in [5, 5.41) is 13.6. The molecule has 0 fully saturated rings. The molecule has 0 bridgehead atoms. The van der Waals surface area contributed by atoms with Gasteiger partial charge in [-0.15, -0.1) is 22.7 Å². The van der Waals surface area contributed by atoms with Gasteiger partial charge in [0.2, 0.25) is 0 Å². The molecular formula is C12H13NO2S2. The highest BCUT2D eigenvalue weighted by Gasteiger charge is 2.11. The first-order valence-electron chi connectivity index (χ1n) is 5.33. The van der Waals surface area contributed by atoms with E-state index in [1.54, 1.807) is 22.8 Å². The van der Waals surface area contributed by atoms with Crippen molar-refractivity contribution in [2.75, 3.05) is 0 Å². The first kappa shape index (κ1) is 12.3. The van der Waals surface area contributed by atoms with Crippen LogP contribution in [0.4, 0.5) is 0 Å². The molecule has 0 aliphatic heterocycles. The lowest BCUT2D eigenvalue weighted by Crippen LogP contribution is -1.93. The lowest BCUT2D eigenvalue weighted by molar-refractivity contribution is 0.0697. The Labute approximate surface area is 108 Å². The van der Waals surface area contributed by atoms with Crippen LogP contribution in [-0.4, -0.2) is 16.1 Å². The van der Waals surface area contributed by atoms with Crippen LogP contribution in [0.15, 0.2) is 16.8 Å². The van der Waals surface area contributed by atoms with Crippen LogP contribution in [0.5, 0.6) is 0 Å². The van der Waals surface area contributed by atoms with E-state index in [1.807, 2.05) is 5.38 Å². The standard InChI is InChI=1S/C12H13NO2S2/c1-7(2)3-11-13-9(6-17-11)10-4-8(5-16-10)12(14)15/h4-7H,3H2,1-2H3,(H,14,15). The first-order valence-corrected chi connectivity index (χ1v) is 7.09. The second kappa shape index (κ2) is 4.98. The molecular weight excluding hydrogens is 254 g/mol. The average Bonchev–Trinajstić information content (AvgIpc) is 2.83. The van der Waals surface area contributed by atoms with Crippen LogP contribution in [0.3, 0.4) is 0 Å². The van der Waals surface area contributed by atoms with Gasteiger partial charge in [0.15, 0.2) is 0 Å². The normalized spacial score (nSPS) is 11.0. The minimum atomic E-state index is -0.884. The molecule has 2 heterocycles. The third-order valence-corrected chi connectivity index (χ3v) is 4.06. The van der Waals surface area contributed by atoms with Crippen LogP contribution < -0.4 is 0 Å². The van der Waals surface area contributed by atoms with Crippen molar-refractivity contribution >= 4 is 28.6 Å². The van der Waals surface area contributed by atoms with E-state index in [0.717, 1.165) is 22.0 Å². The largest absolute Gasteiger partial charge is 0.478 e. The van der Waals surface area contributed by atoms with Gasteiger partial charge in [-0.2, -0.15) is 0 Å². The quantitative estimate of drug-likeness (QED) is 0.917. The Morgan fingerprint density at radius 1 is 1.41 bits per heavy atom. The van der Waals surface area contributed by atoms with Crippen molar-refractivity contribution in [3.05, 3.63) is 27.4 Å². The number of aromatic nitrogens is 1. The molecule has 0 atom stereocenters. The van der Waals surface area contributed by atoms with Crippen LogP contribution in [0.2, 0.25) is 0 Å². The molecule has 0 saturated carbocycles. The summed E-state index contributed by atoms with van der Waals surface area (Å²) in [6, 6.07) is 1.68. The Balaban J connectivity index is 2.21. The molecule has 17 heavy (non-hydrogen) atoms. The summed E-state index contributed by atoms with van der Waals surface area (Å²) in [4.78, 5) is 16.2. The van der Waals surface area contributed by atoms with Gasteiger partial charge in [0.25, 0.3) is 0 Å². The Kier molecular flexibility index (Phi) is 3.59. The number of nitrogens with zero attached hydrogens (tertiary/aromatic N) is 1. The second-order valence-corrected chi connectivity index (χ2v) is 6.08. The van der Waals surface area contributed by atoms with E-state index in [9.17, 15) is 4.79 Å². The molecule has 0 aliphatic carbocycles.